The van der Waals surface area contributed by atoms with Crippen molar-refractivity contribution >= 4 is 22.2 Å². The fourth-order valence-electron chi connectivity index (χ4n) is 3.01. The molecule has 4 rings (SSSR count). The van der Waals surface area contributed by atoms with Crippen LogP contribution in [0.3, 0.4) is 0 Å². The largest absolute Gasteiger partial charge is 0.439 e. The van der Waals surface area contributed by atoms with E-state index in [0.29, 0.717) is 27.8 Å². The van der Waals surface area contributed by atoms with Crippen molar-refractivity contribution < 1.29 is 9.53 Å². The second-order valence-corrected chi connectivity index (χ2v) is 7.03. The number of thiophene rings is 1. The molecule has 2 aromatic heterocycles. The molecule has 0 radical (unpaired) electrons. The third-order valence-electron chi connectivity index (χ3n) is 4.22. The first kappa shape index (κ1) is 16.3. The van der Waals surface area contributed by atoms with E-state index in [1.807, 2.05) is 12.1 Å². The van der Waals surface area contributed by atoms with Crippen LogP contribution in [-0.2, 0) is 12.8 Å². The summed E-state index contributed by atoms with van der Waals surface area (Å²) in [4.78, 5) is 18.0. The molecule has 5 nitrogen and oxygen atoms in total. The molecule has 1 amide bonds. The normalized spacial score (nSPS) is 12.3. The van der Waals surface area contributed by atoms with E-state index in [1.54, 1.807) is 36.5 Å². The summed E-state index contributed by atoms with van der Waals surface area (Å²) in [5, 5.41) is 13.0. The summed E-state index contributed by atoms with van der Waals surface area (Å²) in [6, 6.07) is 14.5. The van der Waals surface area contributed by atoms with Crippen LogP contribution < -0.4 is 10.1 Å². The summed E-state index contributed by atoms with van der Waals surface area (Å²) in [6.45, 7) is 0. The first-order valence-corrected chi connectivity index (χ1v) is 9.11. The number of aryl methyl sites for hydroxylation is 1. The number of ether oxygens (including phenoxy) is 1. The lowest BCUT2D eigenvalue weighted by Crippen LogP contribution is -2.11. The third kappa shape index (κ3) is 3.17. The number of nitriles is 1. The van der Waals surface area contributed by atoms with Crippen molar-refractivity contribution in [1.82, 2.24) is 4.98 Å². The van der Waals surface area contributed by atoms with Crippen molar-refractivity contribution in [2.24, 2.45) is 0 Å². The van der Waals surface area contributed by atoms with E-state index in [0.717, 1.165) is 24.8 Å². The number of anilines is 1. The fraction of sp³-hybridized carbons (Fsp3) is 0.150. The van der Waals surface area contributed by atoms with Gasteiger partial charge in [0.05, 0.1) is 5.56 Å². The predicted octanol–water partition coefficient (Wildman–Crippen LogP) is 4.55. The molecular weight excluding hydrogens is 346 g/mol. The standard InChI is InChI=1S/C20H15N3O2S/c21-12-16-15-7-4-8-17(15)26-20(16)23-19(24)13-5-3-6-14(11-13)25-18-9-1-2-10-22-18/h1-3,5-6,9-11H,4,7-8H2,(H,23,24). The number of hydrogen-bond acceptors (Lipinski definition) is 5. The highest BCUT2D eigenvalue weighted by molar-refractivity contribution is 7.16. The lowest BCUT2D eigenvalue weighted by atomic mass is 10.1. The van der Waals surface area contributed by atoms with E-state index < -0.39 is 0 Å². The van der Waals surface area contributed by atoms with Crippen LogP contribution in [0, 0.1) is 11.3 Å². The van der Waals surface area contributed by atoms with Crippen molar-refractivity contribution in [3.05, 3.63) is 70.2 Å². The van der Waals surface area contributed by atoms with Crippen LogP contribution in [-0.4, -0.2) is 10.9 Å². The third-order valence-corrected chi connectivity index (χ3v) is 5.42. The van der Waals surface area contributed by atoms with E-state index >= 15 is 0 Å². The molecule has 2 heterocycles. The summed E-state index contributed by atoms with van der Waals surface area (Å²) < 4.78 is 5.67. The molecule has 128 valence electrons. The number of pyridine rings is 1. The smallest absolute Gasteiger partial charge is 0.256 e. The van der Waals surface area contributed by atoms with Crippen molar-refractivity contribution in [1.29, 1.82) is 5.26 Å². The molecule has 0 bridgehead atoms. The molecule has 0 saturated heterocycles. The Labute approximate surface area is 154 Å². The van der Waals surface area contributed by atoms with Gasteiger partial charge in [-0.1, -0.05) is 12.1 Å². The van der Waals surface area contributed by atoms with E-state index in [-0.39, 0.29) is 5.91 Å². The maximum atomic E-state index is 12.6. The lowest BCUT2D eigenvalue weighted by molar-refractivity contribution is 0.102. The Kier molecular flexibility index (Phi) is 4.38. The highest BCUT2D eigenvalue weighted by Crippen LogP contribution is 2.38. The summed E-state index contributed by atoms with van der Waals surface area (Å²) in [5.74, 6) is 0.741. The zero-order valence-electron chi connectivity index (χ0n) is 13.9. The zero-order chi connectivity index (χ0) is 17.9. The minimum absolute atomic E-state index is 0.257. The molecule has 0 spiro atoms. The van der Waals surface area contributed by atoms with Gasteiger partial charge in [-0.15, -0.1) is 11.3 Å². The lowest BCUT2D eigenvalue weighted by Gasteiger charge is -2.07. The van der Waals surface area contributed by atoms with Crippen molar-refractivity contribution in [2.45, 2.75) is 19.3 Å². The minimum atomic E-state index is -0.257. The molecule has 26 heavy (non-hydrogen) atoms. The minimum Gasteiger partial charge on any atom is -0.439 e. The van der Waals surface area contributed by atoms with Gasteiger partial charge >= 0.3 is 0 Å². The molecule has 0 aliphatic heterocycles. The Hall–Kier alpha value is -3.17. The number of carbonyl (C=O) groups is 1. The van der Waals surface area contributed by atoms with E-state index in [1.165, 1.54) is 16.2 Å². The molecule has 1 aliphatic carbocycles. The SMILES string of the molecule is N#Cc1c(NC(=O)c2cccc(Oc3ccccn3)c2)sc2c1CCC2. The monoisotopic (exact) mass is 361 g/mol. The van der Waals surface area contributed by atoms with Crippen LogP contribution in [0.1, 0.15) is 32.8 Å². The van der Waals surface area contributed by atoms with Crippen LogP contribution in [0.15, 0.2) is 48.7 Å². The van der Waals surface area contributed by atoms with Gasteiger partial charge in [0.2, 0.25) is 5.88 Å². The van der Waals surface area contributed by atoms with Gasteiger partial charge in [-0.25, -0.2) is 4.98 Å². The summed E-state index contributed by atoms with van der Waals surface area (Å²) in [7, 11) is 0. The highest BCUT2D eigenvalue weighted by Gasteiger charge is 2.23. The molecule has 1 aliphatic rings. The number of aromatic nitrogens is 1. The number of nitrogens with zero attached hydrogens (tertiary/aromatic N) is 2. The van der Waals surface area contributed by atoms with Gasteiger partial charge in [0, 0.05) is 22.7 Å². The molecule has 0 saturated carbocycles. The average Bonchev–Trinajstić information content (AvgIpc) is 3.23. The first-order valence-electron chi connectivity index (χ1n) is 8.29. The average molecular weight is 361 g/mol. The summed E-state index contributed by atoms with van der Waals surface area (Å²) in [6.07, 6.45) is 4.62. The number of benzene rings is 1. The highest BCUT2D eigenvalue weighted by atomic mass is 32.1. The molecule has 1 aromatic carbocycles. The Morgan fingerprint density at radius 2 is 2.15 bits per heavy atom. The Morgan fingerprint density at radius 3 is 2.96 bits per heavy atom. The van der Waals surface area contributed by atoms with Crippen LogP contribution in [0.4, 0.5) is 5.00 Å². The number of fused-ring (bicyclic) bond motifs is 1. The van der Waals surface area contributed by atoms with E-state index in [2.05, 4.69) is 16.4 Å². The van der Waals surface area contributed by atoms with Crippen molar-refractivity contribution in [3.63, 3.8) is 0 Å². The second kappa shape index (κ2) is 6.98. The molecule has 0 fully saturated rings. The quantitative estimate of drug-likeness (QED) is 0.740. The number of amides is 1. The molecule has 0 unspecified atom stereocenters. The van der Waals surface area contributed by atoms with Gasteiger partial charge in [-0.2, -0.15) is 5.26 Å². The molecule has 0 atom stereocenters. The Balaban J connectivity index is 1.54. The van der Waals surface area contributed by atoms with Gasteiger partial charge < -0.3 is 10.1 Å². The van der Waals surface area contributed by atoms with Gasteiger partial charge in [-0.3, -0.25) is 4.79 Å². The Morgan fingerprint density at radius 1 is 1.23 bits per heavy atom. The molecule has 3 aromatic rings. The van der Waals surface area contributed by atoms with E-state index in [4.69, 9.17) is 4.74 Å². The van der Waals surface area contributed by atoms with Crippen LogP contribution in [0.5, 0.6) is 11.6 Å². The number of carbonyl (C=O) groups excluding carboxylic acids is 1. The van der Waals surface area contributed by atoms with Crippen LogP contribution >= 0.6 is 11.3 Å². The Bertz CT molecular complexity index is 1010. The first-order chi connectivity index (χ1) is 12.7. The second-order valence-electron chi connectivity index (χ2n) is 5.93. The van der Waals surface area contributed by atoms with Gasteiger partial charge in [-0.05, 0) is 49.1 Å². The van der Waals surface area contributed by atoms with Crippen molar-refractivity contribution in [3.8, 4) is 17.7 Å². The maximum absolute atomic E-state index is 12.6. The molecule has 6 heteroatoms. The van der Waals surface area contributed by atoms with Crippen LogP contribution in [0.2, 0.25) is 0 Å². The van der Waals surface area contributed by atoms with Crippen molar-refractivity contribution in [2.75, 3.05) is 5.32 Å². The maximum Gasteiger partial charge on any atom is 0.256 e. The molecule has 1 N–H and O–H groups in total. The van der Waals surface area contributed by atoms with Gasteiger partial charge in [0.15, 0.2) is 0 Å². The number of nitrogens with one attached hydrogen (secondary N) is 1. The topological polar surface area (TPSA) is 75.0 Å². The van der Waals surface area contributed by atoms with Gasteiger partial charge in [0.25, 0.3) is 5.91 Å². The van der Waals surface area contributed by atoms with Crippen LogP contribution in [0.25, 0.3) is 0 Å². The number of rotatable bonds is 4. The predicted molar refractivity (Wildman–Crippen MR) is 99.8 cm³/mol. The summed E-state index contributed by atoms with van der Waals surface area (Å²) in [5.41, 5.74) is 2.17. The van der Waals surface area contributed by atoms with E-state index in [9.17, 15) is 10.1 Å². The zero-order valence-corrected chi connectivity index (χ0v) is 14.7. The summed E-state index contributed by atoms with van der Waals surface area (Å²) >= 11 is 1.51. The number of hydrogen-bond donors (Lipinski definition) is 1. The fourth-order valence-corrected chi connectivity index (χ4v) is 4.25. The van der Waals surface area contributed by atoms with Gasteiger partial charge in [0.1, 0.15) is 16.8 Å². The molecular formula is C20H15N3O2S.